The van der Waals surface area contributed by atoms with Crippen molar-refractivity contribution in [3.05, 3.63) is 36.2 Å². The van der Waals surface area contributed by atoms with Gasteiger partial charge in [-0.1, -0.05) is 25.1 Å². The summed E-state index contributed by atoms with van der Waals surface area (Å²) in [4.78, 5) is 11.8. The van der Waals surface area contributed by atoms with E-state index in [0.29, 0.717) is 31.0 Å². The van der Waals surface area contributed by atoms with Gasteiger partial charge in [-0.05, 0) is 31.4 Å². The zero-order chi connectivity index (χ0) is 16.7. The summed E-state index contributed by atoms with van der Waals surface area (Å²) in [5.41, 5.74) is 0.885. The molecular formula is C17H23N3O3. The van der Waals surface area contributed by atoms with Crippen molar-refractivity contribution in [1.29, 1.82) is 0 Å². The predicted molar refractivity (Wildman–Crippen MR) is 86.5 cm³/mol. The largest absolute Gasteiger partial charge is 0.421 e. The van der Waals surface area contributed by atoms with Crippen LogP contribution in [0.1, 0.15) is 32.6 Å². The van der Waals surface area contributed by atoms with E-state index in [-0.39, 0.29) is 24.5 Å². The topological polar surface area (TPSA) is 88.2 Å². The number of carbonyl (C=O) groups is 1. The number of rotatable bonds is 8. The van der Waals surface area contributed by atoms with E-state index in [4.69, 9.17) is 9.52 Å². The molecule has 1 heterocycles. The lowest BCUT2D eigenvalue weighted by molar-refractivity contribution is -0.122. The number of aliphatic hydroxyl groups is 1. The maximum absolute atomic E-state index is 11.8. The predicted octanol–water partition coefficient (Wildman–Crippen LogP) is 2.19. The summed E-state index contributed by atoms with van der Waals surface area (Å²) in [6.07, 6.45) is 1.60. The van der Waals surface area contributed by atoms with Crippen LogP contribution in [-0.4, -0.2) is 33.9 Å². The van der Waals surface area contributed by atoms with Crippen molar-refractivity contribution in [2.45, 2.75) is 39.2 Å². The minimum Gasteiger partial charge on any atom is -0.421 e. The molecule has 2 rings (SSSR count). The van der Waals surface area contributed by atoms with Gasteiger partial charge in [0.2, 0.25) is 17.7 Å². The molecule has 124 valence electrons. The minimum atomic E-state index is -0.0411. The summed E-state index contributed by atoms with van der Waals surface area (Å²) >= 11 is 0. The van der Waals surface area contributed by atoms with Crippen LogP contribution in [-0.2, 0) is 11.2 Å². The highest BCUT2D eigenvalue weighted by molar-refractivity contribution is 5.76. The van der Waals surface area contributed by atoms with Gasteiger partial charge in [0, 0.05) is 31.1 Å². The van der Waals surface area contributed by atoms with E-state index in [1.165, 1.54) is 0 Å². The summed E-state index contributed by atoms with van der Waals surface area (Å²) in [6.45, 7) is 3.85. The number of hydrogen-bond acceptors (Lipinski definition) is 5. The van der Waals surface area contributed by atoms with E-state index in [9.17, 15) is 4.79 Å². The zero-order valence-electron chi connectivity index (χ0n) is 13.5. The first-order chi connectivity index (χ1) is 11.1. The average Bonchev–Trinajstić information content (AvgIpc) is 3.03. The second-order valence-electron chi connectivity index (χ2n) is 5.74. The van der Waals surface area contributed by atoms with Gasteiger partial charge in [-0.25, -0.2) is 0 Å². The molecule has 0 aliphatic carbocycles. The molecule has 0 radical (unpaired) electrons. The molecule has 0 saturated heterocycles. The van der Waals surface area contributed by atoms with Gasteiger partial charge in [0.1, 0.15) is 0 Å². The standard InChI is InChI=1S/C17H23N3O3/c1-12(11-21)13(2)18-15(22)9-6-10-16-19-20-17(23-16)14-7-4-3-5-8-14/h3-5,7-8,12-13,21H,6,9-11H2,1-2H3,(H,18,22). The quantitative estimate of drug-likeness (QED) is 0.779. The van der Waals surface area contributed by atoms with Gasteiger partial charge in [-0.3, -0.25) is 4.79 Å². The monoisotopic (exact) mass is 317 g/mol. The number of aliphatic hydroxyl groups excluding tert-OH is 1. The van der Waals surface area contributed by atoms with E-state index in [0.717, 1.165) is 5.56 Å². The molecule has 0 aliphatic heterocycles. The normalized spacial score (nSPS) is 13.5. The molecule has 6 heteroatoms. The van der Waals surface area contributed by atoms with Crippen LogP contribution >= 0.6 is 0 Å². The zero-order valence-corrected chi connectivity index (χ0v) is 13.5. The maximum atomic E-state index is 11.8. The van der Waals surface area contributed by atoms with E-state index in [1.807, 2.05) is 44.2 Å². The number of amides is 1. The third kappa shape index (κ3) is 5.17. The number of nitrogens with zero attached hydrogens (tertiary/aromatic N) is 2. The fourth-order valence-corrected chi connectivity index (χ4v) is 2.08. The number of nitrogens with one attached hydrogen (secondary N) is 1. The highest BCUT2D eigenvalue weighted by Crippen LogP contribution is 2.17. The Morgan fingerprint density at radius 2 is 2.00 bits per heavy atom. The van der Waals surface area contributed by atoms with Crippen molar-refractivity contribution >= 4 is 5.91 Å². The Bertz CT molecular complexity index is 613. The van der Waals surface area contributed by atoms with Crippen LogP contribution in [0.15, 0.2) is 34.7 Å². The van der Waals surface area contributed by atoms with Gasteiger partial charge in [0.25, 0.3) is 0 Å². The number of carbonyl (C=O) groups excluding carboxylic acids is 1. The second-order valence-corrected chi connectivity index (χ2v) is 5.74. The van der Waals surface area contributed by atoms with Crippen molar-refractivity contribution in [3.8, 4) is 11.5 Å². The fraction of sp³-hybridized carbons (Fsp3) is 0.471. The first-order valence-corrected chi connectivity index (χ1v) is 7.88. The SMILES string of the molecule is CC(CO)C(C)NC(=O)CCCc1nnc(-c2ccccc2)o1. The third-order valence-corrected chi connectivity index (χ3v) is 3.81. The smallest absolute Gasteiger partial charge is 0.247 e. The van der Waals surface area contributed by atoms with Crippen molar-refractivity contribution in [1.82, 2.24) is 15.5 Å². The van der Waals surface area contributed by atoms with Crippen LogP contribution in [0.3, 0.4) is 0 Å². The number of aromatic nitrogens is 2. The molecular weight excluding hydrogens is 294 g/mol. The highest BCUT2D eigenvalue weighted by Gasteiger charge is 2.14. The van der Waals surface area contributed by atoms with Crippen LogP contribution < -0.4 is 5.32 Å². The molecule has 23 heavy (non-hydrogen) atoms. The Balaban J connectivity index is 1.77. The van der Waals surface area contributed by atoms with Crippen molar-refractivity contribution < 1.29 is 14.3 Å². The van der Waals surface area contributed by atoms with Crippen LogP contribution in [0.2, 0.25) is 0 Å². The van der Waals surface area contributed by atoms with Crippen LogP contribution in [0.4, 0.5) is 0 Å². The summed E-state index contributed by atoms with van der Waals surface area (Å²) < 4.78 is 5.60. The lowest BCUT2D eigenvalue weighted by Gasteiger charge is -2.19. The molecule has 2 N–H and O–H groups in total. The molecule has 0 bridgehead atoms. The summed E-state index contributed by atoms with van der Waals surface area (Å²) in [7, 11) is 0. The third-order valence-electron chi connectivity index (χ3n) is 3.81. The summed E-state index contributed by atoms with van der Waals surface area (Å²) in [5, 5.41) is 20.0. The highest BCUT2D eigenvalue weighted by atomic mass is 16.4. The van der Waals surface area contributed by atoms with Crippen LogP contribution in [0.5, 0.6) is 0 Å². The molecule has 0 fully saturated rings. The molecule has 0 aliphatic rings. The van der Waals surface area contributed by atoms with E-state index < -0.39 is 0 Å². The van der Waals surface area contributed by atoms with Crippen molar-refractivity contribution in [2.24, 2.45) is 5.92 Å². The van der Waals surface area contributed by atoms with Gasteiger partial charge in [0.05, 0.1) is 0 Å². The Labute approximate surface area is 135 Å². The van der Waals surface area contributed by atoms with E-state index in [2.05, 4.69) is 15.5 Å². The van der Waals surface area contributed by atoms with Gasteiger partial charge < -0.3 is 14.8 Å². The van der Waals surface area contributed by atoms with E-state index in [1.54, 1.807) is 0 Å². The summed E-state index contributed by atoms with van der Waals surface area (Å²) in [6, 6.07) is 9.54. The molecule has 2 aromatic rings. The van der Waals surface area contributed by atoms with Gasteiger partial charge >= 0.3 is 0 Å². The Hall–Kier alpha value is -2.21. The van der Waals surface area contributed by atoms with Gasteiger partial charge in [0.15, 0.2) is 0 Å². The molecule has 0 spiro atoms. The molecule has 1 aromatic carbocycles. The van der Waals surface area contributed by atoms with Crippen LogP contribution in [0.25, 0.3) is 11.5 Å². The number of aryl methyl sites for hydroxylation is 1. The first kappa shape index (κ1) is 17.1. The molecule has 1 aromatic heterocycles. The first-order valence-electron chi connectivity index (χ1n) is 7.88. The molecule has 1 amide bonds. The molecule has 0 saturated carbocycles. The van der Waals surface area contributed by atoms with Gasteiger partial charge in [-0.15, -0.1) is 10.2 Å². The van der Waals surface area contributed by atoms with Gasteiger partial charge in [-0.2, -0.15) is 0 Å². The average molecular weight is 317 g/mol. The van der Waals surface area contributed by atoms with E-state index >= 15 is 0 Å². The lowest BCUT2D eigenvalue weighted by Crippen LogP contribution is -2.38. The lowest BCUT2D eigenvalue weighted by atomic mass is 10.0. The summed E-state index contributed by atoms with van der Waals surface area (Å²) in [5.74, 6) is 1.05. The van der Waals surface area contributed by atoms with Crippen molar-refractivity contribution in [3.63, 3.8) is 0 Å². The number of hydrogen-bond donors (Lipinski definition) is 2. The Kier molecular flexibility index (Phi) is 6.29. The maximum Gasteiger partial charge on any atom is 0.247 e. The van der Waals surface area contributed by atoms with Crippen LogP contribution in [0, 0.1) is 5.92 Å². The molecule has 2 unspecified atom stereocenters. The number of benzene rings is 1. The Morgan fingerprint density at radius 3 is 2.70 bits per heavy atom. The van der Waals surface area contributed by atoms with Crippen molar-refractivity contribution in [2.75, 3.05) is 6.61 Å². The minimum absolute atomic E-state index is 0.0272. The fourth-order valence-electron chi connectivity index (χ4n) is 2.08. The Morgan fingerprint density at radius 1 is 1.26 bits per heavy atom. The second kappa shape index (κ2) is 8.43. The molecule has 6 nitrogen and oxygen atoms in total. The molecule has 2 atom stereocenters.